The van der Waals surface area contributed by atoms with Gasteiger partial charge in [-0.25, -0.2) is 0 Å². The molecule has 3 aromatic rings. The number of nitrogens with zero attached hydrogens (tertiary/aromatic N) is 2. The lowest BCUT2D eigenvalue weighted by Crippen LogP contribution is -1.91. The van der Waals surface area contributed by atoms with Gasteiger partial charge in [0.05, 0.1) is 14.2 Å². The molecular formula is C14H13N3O3. The number of aromatic amines is 1. The molecule has 20 heavy (non-hydrogen) atoms. The molecule has 0 saturated heterocycles. The van der Waals surface area contributed by atoms with Crippen LogP contribution in [0.4, 0.5) is 0 Å². The van der Waals surface area contributed by atoms with Crippen molar-refractivity contribution in [3.63, 3.8) is 0 Å². The van der Waals surface area contributed by atoms with Crippen LogP contribution in [0, 0.1) is 0 Å². The van der Waals surface area contributed by atoms with Crippen molar-refractivity contribution < 1.29 is 14.0 Å². The van der Waals surface area contributed by atoms with Crippen molar-refractivity contribution in [3.05, 3.63) is 36.5 Å². The van der Waals surface area contributed by atoms with Gasteiger partial charge in [-0.1, -0.05) is 5.16 Å². The van der Waals surface area contributed by atoms with Crippen molar-refractivity contribution in [1.82, 2.24) is 15.1 Å². The van der Waals surface area contributed by atoms with Gasteiger partial charge in [0.2, 0.25) is 5.82 Å². The molecule has 0 aliphatic rings. The number of benzene rings is 1. The SMILES string of the molecule is COc1ccc(-c2noc(-c3ccc[nH]3)n2)cc1OC. The molecule has 0 aliphatic carbocycles. The van der Waals surface area contributed by atoms with Crippen molar-refractivity contribution in [2.75, 3.05) is 14.2 Å². The van der Waals surface area contributed by atoms with E-state index in [0.29, 0.717) is 23.2 Å². The Kier molecular flexibility index (Phi) is 3.12. The van der Waals surface area contributed by atoms with E-state index in [1.54, 1.807) is 26.5 Å². The van der Waals surface area contributed by atoms with Crippen molar-refractivity contribution in [2.45, 2.75) is 0 Å². The number of hydrogen-bond donors (Lipinski definition) is 1. The summed E-state index contributed by atoms with van der Waals surface area (Å²) in [6, 6.07) is 9.20. The Balaban J connectivity index is 1.97. The number of H-pyrrole nitrogens is 1. The van der Waals surface area contributed by atoms with Gasteiger partial charge in [0.1, 0.15) is 5.69 Å². The predicted molar refractivity (Wildman–Crippen MR) is 72.6 cm³/mol. The molecule has 6 heteroatoms. The predicted octanol–water partition coefficient (Wildman–Crippen LogP) is 2.75. The molecule has 6 nitrogen and oxygen atoms in total. The molecule has 2 aromatic heterocycles. The third-order valence-corrected chi connectivity index (χ3v) is 2.90. The fourth-order valence-electron chi connectivity index (χ4n) is 1.89. The van der Waals surface area contributed by atoms with Crippen LogP contribution >= 0.6 is 0 Å². The highest BCUT2D eigenvalue weighted by Gasteiger charge is 2.13. The molecular weight excluding hydrogens is 258 g/mol. The van der Waals surface area contributed by atoms with E-state index in [-0.39, 0.29) is 0 Å². The summed E-state index contributed by atoms with van der Waals surface area (Å²) in [5.41, 5.74) is 1.58. The lowest BCUT2D eigenvalue weighted by Gasteiger charge is -2.07. The molecule has 0 bridgehead atoms. The fourth-order valence-corrected chi connectivity index (χ4v) is 1.89. The third kappa shape index (κ3) is 2.11. The van der Waals surface area contributed by atoms with Crippen LogP contribution in [-0.4, -0.2) is 29.3 Å². The molecule has 0 saturated carbocycles. The molecule has 102 valence electrons. The Hall–Kier alpha value is -2.76. The van der Waals surface area contributed by atoms with Gasteiger partial charge in [-0.05, 0) is 30.3 Å². The van der Waals surface area contributed by atoms with E-state index in [1.165, 1.54) is 0 Å². The van der Waals surface area contributed by atoms with Crippen molar-refractivity contribution in [2.24, 2.45) is 0 Å². The van der Waals surface area contributed by atoms with E-state index in [1.807, 2.05) is 24.3 Å². The molecule has 0 unspecified atom stereocenters. The van der Waals surface area contributed by atoms with Crippen molar-refractivity contribution in [1.29, 1.82) is 0 Å². The first kappa shape index (κ1) is 12.3. The summed E-state index contributed by atoms with van der Waals surface area (Å²) in [6.07, 6.45) is 1.80. The monoisotopic (exact) mass is 271 g/mol. The maximum absolute atomic E-state index is 5.26. The summed E-state index contributed by atoms with van der Waals surface area (Å²) >= 11 is 0. The molecule has 1 aromatic carbocycles. The van der Waals surface area contributed by atoms with Crippen LogP contribution in [0.1, 0.15) is 0 Å². The van der Waals surface area contributed by atoms with Crippen molar-refractivity contribution in [3.8, 4) is 34.5 Å². The van der Waals surface area contributed by atoms with Gasteiger partial charge < -0.3 is 19.0 Å². The van der Waals surface area contributed by atoms with Gasteiger partial charge in [-0.2, -0.15) is 4.98 Å². The van der Waals surface area contributed by atoms with E-state index < -0.39 is 0 Å². The number of aromatic nitrogens is 3. The minimum atomic E-state index is 0.444. The Labute approximate surface area is 115 Å². The lowest BCUT2D eigenvalue weighted by molar-refractivity contribution is 0.355. The number of ether oxygens (including phenoxy) is 2. The summed E-state index contributed by atoms with van der Waals surface area (Å²) in [4.78, 5) is 7.37. The normalized spacial score (nSPS) is 10.5. The molecule has 0 atom stereocenters. The summed E-state index contributed by atoms with van der Waals surface area (Å²) < 4.78 is 15.7. The Morgan fingerprint density at radius 3 is 2.65 bits per heavy atom. The zero-order chi connectivity index (χ0) is 13.9. The maximum Gasteiger partial charge on any atom is 0.274 e. The second-order valence-electron chi connectivity index (χ2n) is 4.08. The van der Waals surface area contributed by atoms with E-state index in [0.717, 1.165) is 11.3 Å². The zero-order valence-electron chi connectivity index (χ0n) is 11.1. The lowest BCUT2D eigenvalue weighted by atomic mass is 10.2. The van der Waals surface area contributed by atoms with Gasteiger partial charge in [0.25, 0.3) is 5.89 Å². The molecule has 0 radical (unpaired) electrons. The standard InChI is InChI=1S/C14H13N3O3/c1-18-11-6-5-9(8-12(11)19-2)13-16-14(20-17-13)10-4-3-7-15-10/h3-8,15H,1-2H3. The maximum atomic E-state index is 5.26. The van der Waals surface area contributed by atoms with E-state index >= 15 is 0 Å². The third-order valence-electron chi connectivity index (χ3n) is 2.90. The average Bonchev–Trinajstić information content (AvgIpc) is 3.16. The first-order chi connectivity index (χ1) is 9.81. The smallest absolute Gasteiger partial charge is 0.274 e. The summed E-state index contributed by atoms with van der Waals surface area (Å²) in [5, 5.41) is 3.97. The van der Waals surface area contributed by atoms with Crippen LogP contribution in [0.25, 0.3) is 23.0 Å². The van der Waals surface area contributed by atoms with E-state index in [2.05, 4.69) is 15.1 Å². The zero-order valence-corrected chi connectivity index (χ0v) is 11.1. The molecule has 0 aliphatic heterocycles. The van der Waals surface area contributed by atoms with Gasteiger partial charge in [0, 0.05) is 11.8 Å². The molecule has 1 N–H and O–H groups in total. The number of methoxy groups -OCH3 is 2. The van der Waals surface area contributed by atoms with Crippen LogP contribution in [0.3, 0.4) is 0 Å². The average molecular weight is 271 g/mol. The number of nitrogens with one attached hydrogen (secondary N) is 1. The highest BCUT2D eigenvalue weighted by Crippen LogP contribution is 2.31. The first-order valence-electron chi connectivity index (χ1n) is 6.01. The molecule has 3 rings (SSSR count). The fraction of sp³-hybridized carbons (Fsp3) is 0.143. The first-order valence-corrected chi connectivity index (χ1v) is 6.01. The van der Waals surface area contributed by atoms with Gasteiger partial charge in [0.15, 0.2) is 11.5 Å². The van der Waals surface area contributed by atoms with Gasteiger partial charge in [-0.15, -0.1) is 0 Å². The van der Waals surface area contributed by atoms with E-state index in [9.17, 15) is 0 Å². The van der Waals surface area contributed by atoms with Crippen LogP contribution < -0.4 is 9.47 Å². The van der Waals surface area contributed by atoms with Gasteiger partial charge >= 0.3 is 0 Å². The number of hydrogen-bond acceptors (Lipinski definition) is 5. The summed E-state index contributed by atoms with van der Waals surface area (Å²) in [6.45, 7) is 0. The molecule has 2 heterocycles. The second-order valence-corrected chi connectivity index (χ2v) is 4.08. The van der Waals surface area contributed by atoms with Crippen LogP contribution in [0.15, 0.2) is 41.1 Å². The summed E-state index contributed by atoms with van der Waals surface area (Å²) in [5.74, 6) is 2.22. The minimum absolute atomic E-state index is 0.444. The molecule has 0 fully saturated rings. The molecule has 0 spiro atoms. The second kappa shape index (κ2) is 5.08. The van der Waals surface area contributed by atoms with Crippen LogP contribution in [0.5, 0.6) is 11.5 Å². The highest BCUT2D eigenvalue weighted by atomic mass is 16.5. The highest BCUT2D eigenvalue weighted by molar-refractivity contribution is 5.62. The van der Waals surface area contributed by atoms with Crippen LogP contribution in [0.2, 0.25) is 0 Å². The number of rotatable bonds is 4. The largest absolute Gasteiger partial charge is 0.493 e. The topological polar surface area (TPSA) is 73.2 Å². The Morgan fingerprint density at radius 2 is 1.95 bits per heavy atom. The van der Waals surface area contributed by atoms with Crippen LogP contribution in [-0.2, 0) is 0 Å². The Morgan fingerprint density at radius 1 is 1.10 bits per heavy atom. The quantitative estimate of drug-likeness (QED) is 0.789. The van der Waals surface area contributed by atoms with Crippen molar-refractivity contribution >= 4 is 0 Å². The molecule has 0 amide bonds. The summed E-state index contributed by atoms with van der Waals surface area (Å²) in [7, 11) is 3.18. The van der Waals surface area contributed by atoms with E-state index in [4.69, 9.17) is 14.0 Å². The minimum Gasteiger partial charge on any atom is -0.493 e. The Bertz CT molecular complexity index is 704. The van der Waals surface area contributed by atoms with Gasteiger partial charge in [-0.3, -0.25) is 0 Å².